The van der Waals surface area contributed by atoms with E-state index in [1.165, 1.54) is 18.5 Å². The molecule has 22 heavy (non-hydrogen) atoms. The van der Waals surface area contributed by atoms with Gasteiger partial charge < -0.3 is 4.42 Å². The van der Waals surface area contributed by atoms with Crippen LogP contribution in [-0.4, -0.2) is 24.9 Å². The summed E-state index contributed by atoms with van der Waals surface area (Å²) in [7, 11) is -3.58. The second-order valence-electron chi connectivity index (χ2n) is 4.96. The Morgan fingerprint density at radius 1 is 1.23 bits per heavy atom. The van der Waals surface area contributed by atoms with Crippen LogP contribution in [0.25, 0.3) is 11.1 Å². The first kappa shape index (κ1) is 14.7. The van der Waals surface area contributed by atoms with Gasteiger partial charge in [-0.15, -0.1) is 0 Å². The molecule has 7 heteroatoms. The summed E-state index contributed by atoms with van der Waals surface area (Å²) < 4.78 is 32.5. The number of benzene rings is 1. The maximum absolute atomic E-state index is 12.1. The van der Waals surface area contributed by atoms with Crippen molar-refractivity contribution in [3.8, 4) is 0 Å². The number of aromatic nitrogens is 2. The molecule has 1 N–H and O–H groups in total. The van der Waals surface area contributed by atoms with Gasteiger partial charge in [-0.25, -0.2) is 18.1 Å². The standard InChI is InChI=1S/C15H15N3O3S/c1-11(15-18-13-6-2-3-7-14(13)21-15)9-17-22(19,20)12-5-4-8-16-10-12/h2-8,10-11,17H,9H2,1H3/t11-/m1/s1. The number of para-hydroxylation sites is 2. The average molecular weight is 317 g/mol. The lowest BCUT2D eigenvalue weighted by atomic mass is 10.2. The molecule has 0 saturated heterocycles. The molecule has 1 aromatic carbocycles. The molecule has 114 valence electrons. The number of fused-ring (bicyclic) bond motifs is 1. The van der Waals surface area contributed by atoms with Crippen LogP contribution in [-0.2, 0) is 10.0 Å². The van der Waals surface area contributed by atoms with Gasteiger partial charge in [-0.1, -0.05) is 19.1 Å². The van der Waals surface area contributed by atoms with Crippen LogP contribution in [0, 0.1) is 0 Å². The van der Waals surface area contributed by atoms with Crippen molar-refractivity contribution in [3.63, 3.8) is 0 Å². The number of hydrogen-bond acceptors (Lipinski definition) is 5. The first-order valence-electron chi connectivity index (χ1n) is 6.81. The number of oxazole rings is 1. The van der Waals surface area contributed by atoms with Crippen LogP contribution in [0.15, 0.2) is 58.1 Å². The van der Waals surface area contributed by atoms with E-state index >= 15 is 0 Å². The minimum atomic E-state index is -3.58. The normalized spacial score (nSPS) is 13.3. The van der Waals surface area contributed by atoms with Crippen molar-refractivity contribution in [2.24, 2.45) is 0 Å². The molecule has 0 saturated carbocycles. The second kappa shape index (κ2) is 5.86. The van der Waals surface area contributed by atoms with Gasteiger partial charge in [0.15, 0.2) is 11.5 Å². The zero-order chi connectivity index (χ0) is 15.6. The van der Waals surface area contributed by atoms with Crippen LogP contribution < -0.4 is 4.72 Å². The number of hydrogen-bond donors (Lipinski definition) is 1. The van der Waals surface area contributed by atoms with Crippen molar-refractivity contribution in [2.75, 3.05) is 6.54 Å². The lowest BCUT2D eigenvalue weighted by Crippen LogP contribution is -2.27. The molecule has 0 aliphatic heterocycles. The third kappa shape index (κ3) is 3.00. The zero-order valence-corrected chi connectivity index (χ0v) is 12.7. The molecule has 6 nitrogen and oxygen atoms in total. The second-order valence-corrected chi connectivity index (χ2v) is 6.73. The van der Waals surface area contributed by atoms with E-state index in [9.17, 15) is 8.42 Å². The van der Waals surface area contributed by atoms with Crippen LogP contribution in [0.5, 0.6) is 0 Å². The molecule has 1 atom stereocenters. The van der Waals surface area contributed by atoms with E-state index < -0.39 is 10.0 Å². The van der Waals surface area contributed by atoms with Crippen LogP contribution in [0.1, 0.15) is 18.7 Å². The van der Waals surface area contributed by atoms with Gasteiger partial charge in [0.2, 0.25) is 10.0 Å². The highest BCUT2D eigenvalue weighted by molar-refractivity contribution is 7.89. The summed E-state index contributed by atoms with van der Waals surface area (Å²) in [6.07, 6.45) is 2.84. The monoisotopic (exact) mass is 317 g/mol. The third-order valence-electron chi connectivity index (χ3n) is 3.26. The molecule has 0 amide bonds. The Morgan fingerprint density at radius 3 is 2.77 bits per heavy atom. The Hall–Kier alpha value is -2.25. The van der Waals surface area contributed by atoms with E-state index in [1.807, 2.05) is 31.2 Å². The highest BCUT2D eigenvalue weighted by Gasteiger charge is 2.18. The Morgan fingerprint density at radius 2 is 2.05 bits per heavy atom. The Labute approximate surface area is 128 Å². The van der Waals surface area contributed by atoms with Gasteiger partial charge in [-0.2, -0.15) is 0 Å². The SMILES string of the molecule is C[C@H](CNS(=O)(=O)c1cccnc1)c1nc2ccccc2o1. The summed E-state index contributed by atoms with van der Waals surface area (Å²) in [6, 6.07) is 10.5. The highest BCUT2D eigenvalue weighted by atomic mass is 32.2. The van der Waals surface area contributed by atoms with E-state index in [1.54, 1.807) is 6.07 Å². The summed E-state index contributed by atoms with van der Waals surface area (Å²) in [4.78, 5) is 8.33. The number of nitrogens with one attached hydrogen (secondary N) is 1. The molecule has 0 fully saturated rings. The first-order chi connectivity index (χ1) is 10.6. The fraction of sp³-hybridized carbons (Fsp3) is 0.200. The minimum Gasteiger partial charge on any atom is -0.440 e. The summed E-state index contributed by atoms with van der Waals surface area (Å²) in [5.74, 6) is 0.328. The van der Waals surface area contributed by atoms with Crippen LogP contribution in [0.4, 0.5) is 0 Å². The number of sulfonamides is 1. The lowest BCUT2D eigenvalue weighted by molar-refractivity contribution is 0.480. The van der Waals surface area contributed by atoms with Gasteiger partial charge in [0.1, 0.15) is 10.4 Å². The number of nitrogens with zero attached hydrogens (tertiary/aromatic N) is 2. The Kier molecular flexibility index (Phi) is 3.91. The van der Waals surface area contributed by atoms with Crippen molar-refractivity contribution in [3.05, 3.63) is 54.7 Å². The molecule has 3 aromatic rings. The maximum atomic E-state index is 12.1. The van der Waals surface area contributed by atoms with Crippen molar-refractivity contribution in [2.45, 2.75) is 17.7 Å². The van der Waals surface area contributed by atoms with Crippen molar-refractivity contribution in [1.82, 2.24) is 14.7 Å². The molecule has 0 spiro atoms. The highest BCUT2D eigenvalue weighted by Crippen LogP contribution is 2.21. The molecule has 0 unspecified atom stereocenters. The van der Waals surface area contributed by atoms with Crippen molar-refractivity contribution in [1.29, 1.82) is 0 Å². The van der Waals surface area contributed by atoms with E-state index in [-0.39, 0.29) is 17.4 Å². The molecule has 2 aromatic heterocycles. The largest absolute Gasteiger partial charge is 0.440 e. The number of pyridine rings is 1. The van der Waals surface area contributed by atoms with Gasteiger partial charge in [0.25, 0.3) is 0 Å². The quantitative estimate of drug-likeness (QED) is 0.780. The fourth-order valence-electron chi connectivity index (χ4n) is 2.01. The summed E-state index contributed by atoms with van der Waals surface area (Å²) in [5, 5.41) is 0. The fourth-order valence-corrected chi connectivity index (χ4v) is 3.11. The Bertz CT molecular complexity index is 842. The maximum Gasteiger partial charge on any atom is 0.242 e. The molecule has 3 rings (SSSR count). The molecule has 0 aliphatic rings. The average Bonchev–Trinajstić information content (AvgIpc) is 2.98. The molecular formula is C15H15N3O3S. The number of rotatable bonds is 5. The first-order valence-corrected chi connectivity index (χ1v) is 8.30. The lowest BCUT2D eigenvalue weighted by Gasteiger charge is -2.09. The van der Waals surface area contributed by atoms with Crippen LogP contribution in [0.3, 0.4) is 0 Å². The zero-order valence-electron chi connectivity index (χ0n) is 11.9. The minimum absolute atomic E-state index is 0.139. The van der Waals surface area contributed by atoms with Gasteiger partial charge in [0, 0.05) is 24.9 Å². The van der Waals surface area contributed by atoms with Gasteiger partial charge >= 0.3 is 0 Å². The molecule has 0 bridgehead atoms. The predicted molar refractivity (Wildman–Crippen MR) is 81.8 cm³/mol. The van der Waals surface area contributed by atoms with Crippen LogP contribution >= 0.6 is 0 Å². The van der Waals surface area contributed by atoms with E-state index in [0.29, 0.717) is 11.5 Å². The predicted octanol–water partition coefficient (Wildman–Crippen LogP) is 2.30. The van der Waals surface area contributed by atoms with Crippen LogP contribution in [0.2, 0.25) is 0 Å². The van der Waals surface area contributed by atoms with E-state index in [2.05, 4.69) is 14.7 Å². The van der Waals surface area contributed by atoms with Gasteiger partial charge in [0.05, 0.1) is 0 Å². The summed E-state index contributed by atoms with van der Waals surface area (Å²) in [5.41, 5.74) is 1.46. The third-order valence-corrected chi connectivity index (χ3v) is 4.67. The smallest absolute Gasteiger partial charge is 0.242 e. The summed E-state index contributed by atoms with van der Waals surface area (Å²) >= 11 is 0. The van der Waals surface area contributed by atoms with Gasteiger partial charge in [-0.05, 0) is 24.3 Å². The molecule has 0 aliphatic carbocycles. The van der Waals surface area contributed by atoms with Crippen molar-refractivity contribution >= 4 is 21.1 Å². The molecular weight excluding hydrogens is 302 g/mol. The Balaban J connectivity index is 1.73. The summed E-state index contributed by atoms with van der Waals surface area (Å²) in [6.45, 7) is 2.06. The van der Waals surface area contributed by atoms with Crippen molar-refractivity contribution < 1.29 is 12.8 Å². The van der Waals surface area contributed by atoms with E-state index in [0.717, 1.165) is 5.52 Å². The van der Waals surface area contributed by atoms with Gasteiger partial charge in [-0.3, -0.25) is 4.98 Å². The molecule has 0 radical (unpaired) electrons. The molecule has 2 heterocycles. The van der Waals surface area contributed by atoms with E-state index in [4.69, 9.17) is 4.42 Å². The topological polar surface area (TPSA) is 85.1 Å².